The van der Waals surface area contributed by atoms with Crippen LogP contribution in [-0.2, 0) is 6.54 Å². The number of ether oxygens (including phenoxy) is 1. The SMILES string of the molecule is CCCCCCC(C)Oc1nnc(CNC)s1. The van der Waals surface area contributed by atoms with Crippen LogP contribution in [0.15, 0.2) is 0 Å². The second kappa shape index (κ2) is 8.42. The zero-order valence-corrected chi connectivity index (χ0v) is 11.8. The van der Waals surface area contributed by atoms with Crippen molar-refractivity contribution in [2.24, 2.45) is 0 Å². The third-order valence-corrected chi connectivity index (χ3v) is 3.36. The molecule has 0 aliphatic heterocycles. The minimum Gasteiger partial charge on any atom is -0.466 e. The Morgan fingerprint density at radius 3 is 2.82 bits per heavy atom. The first-order chi connectivity index (χ1) is 8.26. The van der Waals surface area contributed by atoms with Crippen molar-refractivity contribution in [1.29, 1.82) is 0 Å². The average molecular weight is 257 g/mol. The molecule has 1 rings (SSSR count). The van der Waals surface area contributed by atoms with Gasteiger partial charge in [-0.25, -0.2) is 0 Å². The van der Waals surface area contributed by atoms with Crippen molar-refractivity contribution in [3.8, 4) is 5.19 Å². The number of hydrogen-bond acceptors (Lipinski definition) is 5. The van der Waals surface area contributed by atoms with E-state index in [0.29, 0.717) is 5.19 Å². The molecule has 0 saturated heterocycles. The topological polar surface area (TPSA) is 47.0 Å². The quantitative estimate of drug-likeness (QED) is 0.691. The Morgan fingerprint density at radius 2 is 2.12 bits per heavy atom. The molecule has 17 heavy (non-hydrogen) atoms. The lowest BCUT2D eigenvalue weighted by Gasteiger charge is -2.10. The smallest absolute Gasteiger partial charge is 0.294 e. The highest BCUT2D eigenvalue weighted by Crippen LogP contribution is 2.20. The highest BCUT2D eigenvalue weighted by atomic mass is 32.1. The minimum absolute atomic E-state index is 0.238. The van der Waals surface area contributed by atoms with Crippen molar-refractivity contribution in [1.82, 2.24) is 15.5 Å². The molecule has 5 heteroatoms. The summed E-state index contributed by atoms with van der Waals surface area (Å²) in [6, 6.07) is 0. The lowest BCUT2D eigenvalue weighted by atomic mass is 10.1. The molecule has 1 aromatic rings. The predicted octanol–water partition coefficient (Wildman–Crippen LogP) is 3.00. The van der Waals surface area contributed by atoms with E-state index in [-0.39, 0.29) is 6.10 Å². The first kappa shape index (κ1) is 14.4. The summed E-state index contributed by atoms with van der Waals surface area (Å²) in [5.41, 5.74) is 0. The summed E-state index contributed by atoms with van der Waals surface area (Å²) >= 11 is 1.52. The van der Waals surface area contributed by atoms with Gasteiger partial charge in [-0.05, 0) is 26.8 Å². The summed E-state index contributed by atoms with van der Waals surface area (Å²) in [5, 5.41) is 12.8. The lowest BCUT2D eigenvalue weighted by Crippen LogP contribution is -2.11. The molecule has 0 spiro atoms. The van der Waals surface area contributed by atoms with Crippen molar-refractivity contribution >= 4 is 11.3 Å². The van der Waals surface area contributed by atoms with Crippen LogP contribution in [0.2, 0.25) is 0 Å². The molecule has 1 atom stereocenters. The molecular formula is C12H23N3OS. The number of aromatic nitrogens is 2. The molecule has 4 nitrogen and oxygen atoms in total. The molecule has 1 heterocycles. The Hall–Kier alpha value is -0.680. The van der Waals surface area contributed by atoms with E-state index in [0.717, 1.165) is 18.0 Å². The molecule has 0 saturated carbocycles. The standard InChI is InChI=1S/C12H23N3OS/c1-4-5-6-7-8-10(2)16-12-15-14-11(17-12)9-13-3/h10,13H,4-9H2,1-3H3. The zero-order valence-electron chi connectivity index (χ0n) is 11.0. The maximum absolute atomic E-state index is 5.74. The van der Waals surface area contributed by atoms with Crippen LogP contribution in [0.25, 0.3) is 0 Å². The van der Waals surface area contributed by atoms with Gasteiger partial charge < -0.3 is 10.1 Å². The van der Waals surface area contributed by atoms with Crippen LogP contribution in [-0.4, -0.2) is 23.3 Å². The Balaban J connectivity index is 2.22. The summed E-state index contributed by atoms with van der Waals surface area (Å²) in [6.45, 7) is 5.08. The van der Waals surface area contributed by atoms with Crippen LogP contribution in [0.4, 0.5) is 0 Å². The van der Waals surface area contributed by atoms with Gasteiger partial charge in [0.1, 0.15) is 5.01 Å². The Labute approximate surface area is 108 Å². The molecule has 1 aromatic heterocycles. The minimum atomic E-state index is 0.238. The van der Waals surface area contributed by atoms with E-state index in [9.17, 15) is 0 Å². The molecular weight excluding hydrogens is 234 g/mol. The lowest BCUT2D eigenvalue weighted by molar-refractivity contribution is 0.204. The van der Waals surface area contributed by atoms with Gasteiger partial charge in [0.15, 0.2) is 0 Å². The number of hydrogen-bond donors (Lipinski definition) is 1. The molecule has 0 bridgehead atoms. The molecule has 1 unspecified atom stereocenters. The van der Waals surface area contributed by atoms with Gasteiger partial charge in [0.05, 0.1) is 6.10 Å². The van der Waals surface area contributed by atoms with Crippen molar-refractivity contribution in [3.63, 3.8) is 0 Å². The van der Waals surface area contributed by atoms with Gasteiger partial charge in [-0.1, -0.05) is 42.6 Å². The Bertz CT molecular complexity index is 304. The van der Waals surface area contributed by atoms with Gasteiger partial charge in [0.25, 0.3) is 5.19 Å². The molecule has 0 radical (unpaired) electrons. The summed E-state index contributed by atoms with van der Waals surface area (Å²) in [4.78, 5) is 0. The predicted molar refractivity (Wildman–Crippen MR) is 71.5 cm³/mol. The van der Waals surface area contributed by atoms with Crippen molar-refractivity contribution in [2.75, 3.05) is 7.05 Å². The van der Waals surface area contributed by atoms with E-state index in [4.69, 9.17) is 4.74 Å². The highest BCUT2D eigenvalue weighted by molar-refractivity contribution is 7.13. The molecule has 0 aliphatic carbocycles. The maximum atomic E-state index is 5.74. The molecule has 98 valence electrons. The molecule has 1 N–H and O–H groups in total. The van der Waals surface area contributed by atoms with Crippen LogP contribution in [0.3, 0.4) is 0 Å². The number of unbranched alkanes of at least 4 members (excludes halogenated alkanes) is 3. The summed E-state index contributed by atoms with van der Waals surface area (Å²) in [6.07, 6.45) is 6.46. The van der Waals surface area contributed by atoms with Gasteiger partial charge in [-0.2, -0.15) is 0 Å². The van der Waals surface area contributed by atoms with E-state index in [1.54, 1.807) is 0 Å². The second-order valence-corrected chi connectivity index (χ2v) is 5.29. The van der Waals surface area contributed by atoms with E-state index in [1.807, 2.05) is 7.05 Å². The van der Waals surface area contributed by atoms with Gasteiger partial charge >= 0.3 is 0 Å². The molecule has 0 fully saturated rings. The van der Waals surface area contributed by atoms with Crippen molar-refractivity contribution in [3.05, 3.63) is 5.01 Å². The normalized spacial score (nSPS) is 12.6. The van der Waals surface area contributed by atoms with E-state index >= 15 is 0 Å². The largest absolute Gasteiger partial charge is 0.466 e. The van der Waals surface area contributed by atoms with Gasteiger partial charge in [-0.3, -0.25) is 0 Å². The summed E-state index contributed by atoms with van der Waals surface area (Å²) in [5.74, 6) is 0. The third-order valence-electron chi connectivity index (χ3n) is 2.54. The van der Waals surface area contributed by atoms with Crippen molar-refractivity contribution in [2.45, 2.75) is 58.6 Å². The Kier molecular flexibility index (Phi) is 7.12. The summed E-state index contributed by atoms with van der Waals surface area (Å²) < 4.78 is 5.74. The van der Waals surface area contributed by atoms with Crippen LogP contribution >= 0.6 is 11.3 Å². The fraction of sp³-hybridized carbons (Fsp3) is 0.833. The fourth-order valence-corrected chi connectivity index (χ4v) is 2.39. The molecule has 0 aromatic carbocycles. The number of nitrogens with one attached hydrogen (secondary N) is 1. The van der Waals surface area contributed by atoms with Crippen molar-refractivity contribution < 1.29 is 4.74 Å². The van der Waals surface area contributed by atoms with Crippen LogP contribution in [0, 0.1) is 0 Å². The monoisotopic (exact) mass is 257 g/mol. The first-order valence-corrected chi connectivity index (χ1v) is 7.21. The Morgan fingerprint density at radius 1 is 1.29 bits per heavy atom. The highest BCUT2D eigenvalue weighted by Gasteiger charge is 2.08. The van der Waals surface area contributed by atoms with Crippen LogP contribution in [0.5, 0.6) is 5.19 Å². The van der Waals surface area contributed by atoms with Gasteiger partial charge in [0.2, 0.25) is 0 Å². The number of rotatable bonds is 9. The zero-order chi connectivity index (χ0) is 12.5. The third kappa shape index (κ3) is 5.98. The molecule has 0 amide bonds. The van der Waals surface area contributed by atoms with Gasteiger partial charge in [-0.15, -0.1) is 5.10 Å². The summed E-state index contributed by atoms with van der Waals surface area (Å²) in [7, 11) is 1.90. The molecule has 0 aliphatic rings. The van der Waals surface area contributed by atoms with Crippen LogP contribution in [0.1, 0.15) is 51.0 Å². The van der Waals surface area contributed by atoms with E-state index < -0.39 is 0 Å². The fourth-order valence-electron chi connectivity index (χ4n) is 1.60. The number of nitrogens with zero attached hydrogens (tertiary/aromatic N) is 2. The van der Waals surface area contributed by atoms with E-state index in [2.05, 4.69) is 29.4 Å². The second-order valence-electron chi connectivity index (χ2n) is 4.27. The van der Waals surface area contributed by atoms with Crippen LogP contribution < -0.4 is 10.1 Å². The maximum Gasteiger partial charge on any atom is 0.294 e. The first-order valence-electron chi connectivity index (χ1n) is 6.40. The van der Waals surface area contributed by atoms with Gasteiger partial charge in [0, 0.05) is 6.54 Å². The van der Waals surface area contributed by atoms with E-state index in [1.165, 1.54) is 37.0 Å². The average Bonchev–Trinajstić information content (AvgIpc) is 2.73.